The van der Waals surface area contributed by atoms with E-state index in [0.717, 1.165) is 31.6 Å². The lowest BCUT2D eigenvalue weighted by Gasteiger charge is -2.08. The van der Waals surface area contributed by atoms with Gasteiger partial charge in [-0.2, -0.15) is 0 Å². The summed E-state index contributed by atoms with van der Waals surface area (Å²) >= 11 is 0. The Morgan fingerprint density at radius 2 is 2.15 bits per heavy atom. The molecule has 6 nitrogen and oxygen atoms in total. The minimum Gasteiger partial charge on any atom is -0.376 e. The minimum atomic E-state index is -3.44. The summed E-state index contributed by atoms with van der Waals surface area (Å²) in [5.41, 5.74) is 0.209. The van der Waals surface area contributed by atoms with E-state index in [2.05, 4.69) is 12.2 Å². The van der Waals surface area contributed by atoms with Crippen LogP contribution in [0.5, 0.6) is 0 Å². The molecule has 20 heavy (non-hydrogen) atoms. The van der Waals surface area contributed by atoms with Crippen LogP contribution in [-0.4, -0.2) is 25.6 Å². The predicted octanol–water partition coefficient (Wildman–Crippen LogP) is 2.60. The lowest BCUT2D eigenvalue weighted by molar-refractivity contribution is -0.384. The number of hydrogen-bond acceptors (Lipinski definition) is 5. The van der Waals surface area contributed by atoms with Crippen LogP contribution in [0.4, 0.5) is 11.4 Å². The second-order valence-corrected chi connectivity index (χ2v) is 7.26. The smallest absolute Gasteiger partial charge is 0.293 e. The highest BCUT2D eigenvalue weighted by Crippen LogP contribution is 2.39. The molecule has 0 aliphatic heterocycles. The van der Waals surface area contributed by atoms with E-state index in [1.807, 2.05) is 0 Å². The summed E-state index contributed by atoms with van der Waals surface area (Å²) in [5.74, 6) is 0.564. The van der Waals surface area contributed by atoms with E-state index >= 15 is 0 Å². The van der Waals surface area contributed by atoms with E-state index in [0.29, 0.717) is 11.6 Å². The number of hydrogen-bond donors (Lipinski definition) is 1. The van der Waals surface area contributed by atoms with Gasteiger partial charge in [-0.25, -0.2) is 8.42 Å². The van der Waals surface area contributed by atoms with Crippen LogP contribution in [0, 0.1) is 16.0 Å². The fraction of sp³-hybridized carbons (Fsp3) is 0.538. The summed E-state index contributed by atoms with van der Waals surface area (Å²) in [6, 6.07) is 4.27. The van der Waals surface area contributed by atoms with Gasteiger partial charge in [-0.05, 0) is 30.9 Å². The topological polar surface area (TPSA) is 89.3 Å². The van der Waals surface area contributed by atoms with Crippen LogP contribution >= 0.6 is 0 Å². The third kappa shape index (κ3) is 3.27. The van der Waals surface area contributed by atoms with Gasteiger partial charge in [-0.15, -0.1) is 0 Å². The maximum atomic E-state index is 11.4. The van der Waals surface area contributed by atoms with E-state index in [9.17, 15) is 18.5 Å². The summed E-state index contributed by atoms with van der Waals surface area (Å²) < 4.78 is 22.9. The second-order valence-electron chi connectivity index (χ2n) is 5.24. The van der Waals surface area contributed by atoms with Crippen molar-refractivity contribution in [3.8, 4) is 0 Å². The molecule has 1 N–H and O–H groups in total. The molecule has 1 saturated carbocycles. The molecule has 0 spiro atoms. The predicted molar refractivity (Wildman–Crippen MR) is 76.6 cm³/mol. The van der Waals surface area contributed by atoms with Gasteiger partial charge in [-0.1, -0.05) is 13.3 Å². The average molecular weight is 298 g/mol. The first-order valence-corrected chi connectivity index (χ1v) is 8.47. The third-order valence-corrected chi connectivity index (χ3v) is 4.63. The highest BCUT2D eigenvalue weighted by molar-refractivity contribution is 7.90. The normalized spacial score (nSPS) is 21.5. The number of nitrogens with zero attached hydrogens (tertiary/aromatic N) is 1. The molecule has 1 aliphatic rings. The molecule has 2 atom stereocenters. The fourth-order valence-electron chi connectivity index (χ4n) is 2.33. The molecule has 110 valence electrons. The lowest BCUT2D eigenvalue weighted by Crippen LogP contribution is -2.08. The number of rotatable bonds is 6. The maximum Gasteiger partial charge on any atom is 0.293 e. The molecule has 1 aromatic carbocycles. The number of nitro groups is 1. The van der Waals surface area contributed by atoms with Gasteiger partial charge in [-0.3, -0.25) is 10.1 Å². The molecule has 0 amide bonds. The summed E-state index contributed by atoms with van der Waals surface area (Å²) in [4.78, 5) is 10.5. The van der Waals surface area contributed by atoms with Crippen LogP contribution in [0.1, 0.15) is 26.2 Å². The lowest BCUT2D eigenvalue weighted by atomic mass is 10.2. The van der Waals surface area contributed by atoms with Gasteiger partial charge in [0, 0.05) is 18.4 Å². The van der Waals surface area contributed by atoms with Crippen molar-refractivity contribution in [3.05, 3.63) is 28.3 Å². The molecule has 1 fully saturated rings. The van der Waals surface area contributed by atoms with Crippen molar-refractivity contribution in [2.75, 3.05) is 11.6 Å². The van der Waals surface area contributed by atoms with E-state index in [1.54, 1.807) is 0 Å². The minimum absolute atomic E-state index is 0.0318. The largest absolute Gasteiger partial charge is 0.376 e. The van der Waals surface area contributed by atoms with E-state index in [-0.39, 0.29) is 16.6 Å². The Kier molecular flexibility index (Phi) is 3.99. The molecule has 1 aromatic rings. The zero-order valence-corrected chi connectivity index (χ0v) is 12.3. The van der Waals surface area contributed by atoms with Gasteiger partial charge < -0.3 is 5.32 Å². The average Bonchev–Trinajstić information content (AvgIpc) is 3.06. The SMILES string of the molecule is CCCC1CC1Nc1ccc(S(C)(=O)=O)cc1[N+](=O)[O-]. The molecular weight excluding hydrogens is 280 g/mol. The highest BCUT2D eigenvalue weighted by Gasteiger charge is 2.37. The summed E-state index contributed by atoms with van der Waals surface area (Å²) in [5, 5.41) is 14.2. The first-order valence-electron chi connectivity index (χ1n) is 6.58. The number of benzene rings is 1. The van der Waals surface area contributed by atoms with Crippen molar-refractivity contribution in [1.82, 2.24) is 0 Å². The second kappa shape index (κ2) is 5.40. The van der Waals surface area contributed by atoms with Gasteiger partial charge in [0.2, 0.25) is 0 Å². The summed E-state index contributed by atoms with van der Waals surface area (Å²) in [6.07, 6.45) is 4.25. The highest BCUT2D eigenvalue weighted by atomic mass is 32.2. The quantitative estimate of drug-likeness (QED) is 0.644. The van der Waals surface area contributed by atoms with Gasteiger partial charge in [0.05, 0.1) is 9.82 Å². The van der Waals surface area contributed by atoms with Crippen molar-refractivity contribution in [2.24, 2.45) is 5.92 Å². The number of sulfone groups is 1. The zero-order valence-electron chi connectivity index (χ0n) is 11.5. The van der Waals surface area contributed by atoms with Crippen molar-refractivity contribution in [2.45, 2.75) is 37.1 Å². The van der Waals surface area contributed by atoms with E-state index < -0.39 is 14.8 Å². The molecule has 0 heterocycles. The van der Waals surface area contributed by atoms with Gasteiger partial charge in [0.1, 0.15) is 5.69 Å². The monoisotopic (exact) mass is 298 g/mol. The Morgan fingerprint density at radius 3 is 2.70 bits per heavy atom. The molecule has 2 unspecified atom stereocenters. The van der Waals surface area contributed by atoms with Gasteiger partial charge >= 0.3 is 0 Å². The van der Waals surface area contributed by atoms with Crippen LogP contribution in [0.3, 0.4) is 0 Å². The Morgan fingerprint density at radius 1 is 1.45 bits per heavy atom. The van der Waals surface area contributed by atoms with Crippen molar-refractivity contribution >= 4 is 21.2 Å². The zero-order chi connectivity index (χ0) is 14.9. The number of nitrogens with one attached hydrogen (secondary N) is 1. The Labute approximate surface area is 118 Å². The molecule has 0 bridgehead atoms. The van der Waals surface area contributed by atoms with E-state index in [1.165, 1.54) is 12.1 Å². The van der Waals surface area contributed by atoms with Crippen LogP contribution in [0.15, 0.2) is 23.1 Å². The Balaban J connectivity index is 2.23. The maximum absolute atomic E-state index is 11.4. The van der Waals surface area contributed by atoms with Crippen LogP contribution in [0.2, 0.25) is 0 Å². The van der Waals surface area contributed by atoms with Crippen molar-refractivity contribution in [3.63, 3.8) is 0 Å². The van der Waals surface area contributed by atoms with Crippen LogP contribution < -0.4 is 5.32 Å². The standard InChI is InChI=1S/C13H18N2O4S/c1-3-4-9-7-12(9)14-11-6-5-10(20(2,18)19)8-13(11)15(16)17/h5-6,8-9,12,14H,3-4,7H2,1-2H3. The molecule has 7 heteroatoms. The summed E-state index contributed by atoms with van der Waals surface area (Å²) in [7, 11) is -3.44. The first-order chi connectivity index (χ1) is 9.32. The fourth-order valence-corrected chi connectivity index (χ4v) is 2.97. The Bertz CT molecular complexity index is 627. The number of nitro benzene ring substituents is 1. The molecule has 0 aromatic heterocycles. The first kappa shape index (κ1) is 14.8. The molecule has 0 radical (unpaired) electrons. The van der Waals surface area contributed by atoms with Gasteiger partial charge in [0.25, 0.3) is 5.69 Å². The molecule has 1 aliphatic carbocycles. The molecule has 0 saturated heterocycles. The van der Waals surface area contributed by atoms with E-state index in [4.69, 9.17) is 0 Å². The van der Waals surface area contributed by atoms with Crippen LogP contribution in [0.25, 0.3) is 0 Å². The van der Waals surface area contributed by atoms with Crippen LogP contribution in [-0.2, 0) is 9.84 Å². The molecular formula is C13H18N2O4S. The third-order valence-electron chi connectivity index (χ3n) is 3.52. The van der Waals surface area contributed by atoms with Gasteiger partial charge in [0.15, 0.2) is 9.84 Å². The van der Waals surface area contributed by atoms with Crippen molar-refractivity contribution in [1.29, 1.82) is 0 Å². The Hall–Kier alpha value is -1.63. The molecule has 2 rings (SSSR count). The number of anilines is 1. The van der Waals surface area contributed by atoms with Crippen molar-refractivity contribution < 1.29 is 13.3 Å². The summed E-state index contributed by atoms with van der Waals surface area (Å²) in [6.45, 7) is 2.11.